The molecule has 4 heteroatoms. The van der Waals surface area contributed by atoms with Crippen molar-refractivity contribution in [1.82, 2.24) is 5.32 Å². The summed E-state index contributed by atoms with van der Waals surface area (Å²) in [4.78, 5) is 12.3. The van der Waals surface area contributed by atoms with Crippen LogP contribution in [0.4, 0.5) is 4.39 Å². The van der Waals surface area contributed by atoms with E-state index in [1.807, 2.05) is 0 Å². The number of halogens is 1. The highest BCUT2D eigenvalue weighted by atomic mass is 19.1. The Morgan fingerprint density at radius 3 is 3.11 bits per heavy atom. The van der Waals surface area contributed by atoms with Crippen molar-refractivity contribution in [3.8, 4) is 12.3 Å². The highest BCUT2D eigenvalue weighted by molar-refractivity contribution is 5.84. The molecule has 1 aliphatic carbocycles. The molecule has 3 nitrogen and oxygen atoms in total. The van der Waals surface area contributed by atoms with Gasteiger partial charge in [0.2, 0.25) is 0 Å². The number of fused-ring (bicyclic) bond motifs is 1. The van der Waals surface area contributed by atoms with Crippen LogP contribution in [0.2, 0.25) is 0 Å². The highest BCUT2D eigenvalue weighted by Gasteiger charge is 2.47. The maximum atomic E-state index is 13.8. The first-order valence-corrected chi connectivity index (χ1v) is 6.29. The molecular weight excluding hydrogens is 245 g/mol. The molecule has 1 aromatic rings. The number of carbonyl (C=O) groups excluding carboxylic acids is 1. The lowest BCUT2D eigenvalue weighted by atomic mass is 9.91. The van der Waals surface area contributed by atoms with Gasteiger partial charge in [-0.2, -0.15) is 0 Å². The van der Waals surface area contributed by atoms with Crippen LogP contribution in [0.5, 0.6) is 0 Å². The Morgan fingerprint density at radius 2 is 2.42 bits per heavy atom. The number of esters is 1. The molecule has 0 amide bonds. The summed E-state index contributed by atoms with van der Waals surface area (Å²) in [7, 11) is 0. The minimum atomic E-state index is -1.01. The summed E-state index contributed by atoms with van der Waals surface area (Å²) in [5.74, 6) is 1.77. The summed E-state index contributed by atoms with van der Waals surface area (Å²) in [5, 5.41) is 3.04. The number of ether oxygens (including phenoxy) is 1. The SMILES string of the molecule is C#CCNC1(C(=O)OCC)CCc2c(F)cccc21. The number of terminal acetylenes is 1. The first-order chi connectivity index (χ1) is 9.15. The quantitative estimate of drug-likeness (QED) is 0.663. The molecule has 0 bridgehead atoms. The number of hydrogen-bond donors (Lipinski definition) is 1. The van der Waals surface area contributed by atoms with Crippen LogP contribution in [-0.2, 0) is 21.5 Å². The molecule has 1 atom stereocenters. The molecule has 0 fully saturated rings. The second kappa shape index (κ2) is 5.41. The molecule has 1 aromatic carbocycles. The molecule has 1 aliphatic rings. The molecule has 0 radical (unpaired) electrons. The Balaban J connectivity index is 2.45. The van der Waals surface area contributed by atoms with Gasteiger partial charge in [0.15, 0.2) is 0 Å². The molecule has 0 spiro atoms. The van der Waals surface area contributed by atoms with E-state index in [2.05, 4.69) is 11.2 Å². The number of hydrogen-bond acceptors (Lipinski definition) is 3. The van der Waals surface area contributed by atoms with Crippen molar-refractivity contribution in [2.45, 2.75) is 25.3 Å². The van der Waals surface area contributed by atoms with Gasteiger partial charge in [0, 0.05) is 0 Å². The normalized spacial score (nSPS) is 20.7. The Labute approximate surface area is 112 Å². The molecule has 0 heterocycles. The third-order valence-electron chi connectivity index (χ3n) is 3.44. The summed E-state index contributed by atoms with van der Waals surface area (Å²) in [6.07, 6.45) is 6.21. The smallest absolute Gasteiger partial charge is 0.331 e. The monoisotopic (exact) mass is 261 g/mol. The third kappa shape index (κ3) is 2.22. The average Bonchev–Trinajstić information content (AvgIpc) is 2.78. The van der Waals surface area contributed by atoms with Gasteiger partial charge in [0.05, 0.1) is 13.2 Å². The van der Waals surface area contributed by atoms with E-state index in [9.17, 15) is 9.18 Å². The molecule has 0 saturated heterocycles. The van der Waals surface area contributed by atoms with Gasteiger partial charge >= 0.3 is 5.97 Å². The van der Waals surface area contributed by atoms with Gasteiger partial charge in [0.1, 0.15) is 11.4 Å². The summed E-state index contributed by atoms with van der Waals surface area (Å²) in [5.41, 5.74) is 0.195. The van der Waals surface area contributed by atoms with E-state index in [0.29, 0.717) is 24.0 Å². The van der Waals surface area contributed by atoms with Crippen LogP contribution in [0.25, 0.3) is 0 Å². The fourth-order valence-corrected chi connectivity index (χ4v) is 2.58. The molecule has 0 aromatic heterocycles. The molecule has 1 unspecified atom stereocenters. The predicted octanol–water partition coefficient (Wildman–Crippen LogP) is 1.75. The maximum absolute atomic E-state index is 13.8. The Morgan fingerprint density at radius 1 is 1.63 bits per heavy atom. The number of rotatable bonds is 4. The lowest BCUT2D eigenvalue weighted by molar-refractivity contribution is -0.151. The fourth-order valence-electron chi connectivity index (χ4n) is 2.58. The van der Waals surface area contributed by atoms with Gasteiger partial charge in [-0.05, 0) is 37.0 Å². The summed E-state index contributed by atoms with van der Waals surface area (Å²) >= 11 is 0. The fraction of sp³-hybridized carbons (Fsp3) is 0.400. The van der Waals surface area contributed by atoms with Crippen molar-refractivity contribution in [3.63, 3.8) is 0 Å². The first kappa shape index (κ1) is 13.6. The zero-order valence-corrected chi connectivity index (χ0v) is 10.8. The van der Waals surface area contributed by atoms with Crippen molar-refractivity contribution in [2.24, 2.45) is 0 Å². The largest absolute Gasteiger partial charge is 0.464 e. The van der Waals surface area contributed by atoms with Crippen molar-refractivity contribution in [3.05, 3.63) is 35.1 Å². The van der Waals surface area contributed by atoms with E-state index in [0.717, 1.165) is 0 Å². The van der Waals surface area contributed by atoms with Gasteiger partial charge in [-0.1, -0.05) is 18.1 Å². The number of nitrogens with one attached hydrogen (secondary N) is 1. The van der Waals surface area contributed by atoms with Gasteiger partial charge in [-0.15, -0.1) is 6.42 Å². The van der Waals surface area contributed by atoms with Crippen LogP contribution in [0, 0.1) is 18.2 Å². The van der Waals surface area contributed by atoms with E-state index in [1.54, 1.807) is 19.1 Å². The van der Waals surface area contributed by atoms with Crippen molar-refractivity contribution < 1.29 is 13.9 Å². The van der Waals surface area contributed by atoms with E-state index in [1.165, 1.54) is 6.07 Å². The van der Waals surface area contributed by atoms with Crippen LogP contribution < -0.4 is 5.32 Å². The second-order valence-corrected chi connectivity index (χ2v) is 4.45. The van der Waals surface area contributed by atoms with E-state index in [-0.39, 0.29) is 19.0 Å². The number of benzene rings is 1. The Hall–Kier alpha value is -1.86. The topological polar surface area (TPSA) is 38.3 Å². The minimum absolute atomic E-state index is 0.231. The Kier molecular flexibility index (Phi) is 3.87. The lowest BCUT2D eigenvalue weighted by Crippen LogP contribution is -2.48. The molecule has 2 rings (SSSR count). The third-order valence-corrected chi connectivity index (χ3v) is 3.44. The van der Waals surface area contributed by atoms with Gasteiger partial charge in [-0.3, -0.25) is 5.32 Å². The van der Waals surface area contributed by atoms with E-state index < -0.39 is 11.5 Å². The summed E-state index contributed by atoms with van der Waals surface area (Å²) in [6, 6.07) is 4.76. The second-order valence-electron chi connectivity index (χ2n) is 4.45. The maximum Gasteiger partial charge on any atom is 0.331 e. The summed E-state index contributed by atoms with van der Waals surface area (Å²) < 4.78 is 18.9. The summed E-state index contributed by atoms with van der Waals surface area (Å²) in [6.45, 7) is 2.26. The van der Waals surface area contributed by atoms with E-state index in [4.69, 9.17) is 11.2 Å². The number of carbonyl (C=O) groups is 1. The zero-order chi connectivity index (χ0) is 13.9. The van der Waals surface area contributed by atoms with Crippen LogP contribution in [0.1, 0.15) is 24.5 Å². The van der Waals surface area contributed by atoms with Gasteiger partial charge < -0.3 is 4.74 Å². The van der Waals surface area contributed by atoms with Crippen molar-refractivity contribution >= 4 is 5.97 Å². The van der Waals surface area contributed by atoms with Crippen molar-refractivity contribution in [2.75, 3.05) is 13.2 Å². The van der Waals surface area contributed by atoms with Crippen LogP contribution in [0.15, 0.2) is 18.2 Å². The highest BCUT2D eigenvalue weighted by Crippen LogP contribution is 2.39. The Bertz CT molecular complexity index is 535. The zero-order valence-electron chi connectivity index (χ0n) is 10.8. The van der Waals surface area contributed by atoms with Gasteiger partial charge in [0.25, 0.3) is 0 Å². The molecular formula is C15H16FNO2. The minimum Gasteiger partial charge on any atom is -0.464 e. The molecule has 0 aliphatic heterocycles. The molecule has 0 saturated carbocycles. The van der Waals surface area contributed by atoms with Gasteiger partial charge in [-0.25, -0.2) is 9.18 Å². The molecule has 19 heavy (non-hydrogen) atoms. The van der Waals surface area contributed by atoms with Crippen LogP contribution in [-0.4, -0.2) is 19.1 Å². The lowest BCUT2D eigenvalue weighted by Gasteiger charge is -2.28. The van der Waals surface area contributed by atoms with E-state index >= 15 is 0 Å². The molecule has 1 N–H and O–H groups in total. The standard InChI is InChI=1S/C15H16FNO2/c1-3-10-17-15(14(18)19-4-2)9-8-11-12(15)6-5-7-13(11)16/h1,5-7,17H,4,8-10H2,2H3. The predicted molar refractivity (Wildman–Crippen MR) is 69.9 cm³/mol. The van der Waals surface area contributed by atoms with Crippen molar-refractivity contribution in [1.29, 1.82) is 0 Å². The first-order valence-electron chi connectivity index (χ1n) is 6.29. The average molecular weight is 261 g/mol. The molecule has 100 valence electrons. The van der Waals surface area contributed by atoms with Crippen LogP contribution in [0.3, 0.4) is 0 Å². The van der Waals surface area contributed by atoms with Crippen LogP contribution >= 0.6 is 0 Å².